The van der Waals surface area contributed by atoms with Crippen molar-refractivity contribution in [2.45, 2.75) is 39.2 Å². The van der Waals surface area contributed by atoms with Crippen molar-refractivity contribution in [3.05, 3.63) is 66.5 Å². The zero-order valence-corrected chi connectivity index (χ0v) is 22.3. The molecular weight excluding hydrogens is 480 g/mol. The van der Waals surface area contributed by atoms with E-state index in [0.29, 0.717) is 31.3 Å². The first-order valence-corrected chi connectivity index (χ1v) is 13.1. The molecule has 200 valence electrons. The van der Waals surface area contributed by atoms with Crippen LogP contribution < -0.4 is 10.5 Å². The first-order valence-electron chi connectivity index (χ1n) is 13.1. The summed E-state index contributed by atoms with van der Waals surface area (Å²) in [7, 11) is 1.35. The minimum absolute atomic E-state index is 0.154. The van der Waals surface area contributed by atoms with Crippen molar-refractivity contribution in [3.63, 3.8) is 0 Å². The molecule has 1 aromatic heterocycles. The minimum Gasteiger partial charge on any atom is -0.494 e. The summed E-state index contributed by atoms with van der Waals surface area (Å²) in [5.41, 5.74) is 9.94. The number of rotatable bonds is 11. The number of aromatic nitrogens is 2. The molecule has 1 unspecified atom stereocenters. The molecule has 2 heterocycles. The lowest BCUT2D eigenvalue weighted by molar-refractivity contribution is -0.156. The lowest BCUT2D eigenvalue weighted by atomic mass is 9.97. The molecule has 1 saturated heterocycles. The number of methoxy groups -OCH3 is 1. The van der Waals surface area contributed by atoms with Gasteiger partial charge in [0.25, 0.3) is 0 Å². The summed E-state index contributed by atoms with van der Waals surface area (Å²) >= 11 is 0. The van der Waals surface area contributed by atoms with Crippen LogP contribution in [0.2, 0.25) is 0 Å². The molecule has 1 fully saturated rings. The fourth-order valence-electron chi connectivity index (χ4n) is 4.39. The van der Waals surface area contributed by atoms with Gasteiger partial charge in [0.05, 0.1) is 25.7 Å². The lowest BCUT2D eigenvalue weighted by Gasteiger charge is -2.38. The predicted molar refractivity (Wildman–Crippen MR) is 146 cm³/mol. The molecule has 2 N–H and O–H groups in total. The third kappa shape index (κ3) is 6.95. The molecule has 8 heteroatoms. The number of carbonyl (C=O) groups excluding carboxylic acids is 2. The van der Waals surface area contributed by atoms with Crippen LogP contribution in [0.1, 0.15) is 32.3 Å². The minimum atomic E-state index is -0.660. The highest BCUT2D eigenvalue weighted by Crippen LogP contribution is 2.24. The second-order valence-corrected chi connectivity index (χ2v) is 10.2. The van der Waals surface area contributed by atoms with Crippen LogP contribution in [-0.4, -0.2) is 59.6 Å². The molecule has 2 aromatic carbocycles. The Morgan fingerprint density at radius 2 is 1.61 bits per heavy atom. The summed E-state index contributed by atoms with van der Waals surface area (Å²) in [6.45, 7) is 5.89. The quantitative estimate of drug-likeness (QED) is 0.302. The maximum Gasteiger partial charge on any atom is 0.312 e. The normalized spacial score (nSPS) is 14.2. The third-order valence-corrected chi connectivity index (χ3v) is 6.75. The Hall–Kier alpha value is -3.78. The Bertz CT molecular complexity index is 1200. The van der Waals surface area contributed by atoms with Crippen LogP contribution in [0.4, 0.5) is 0 Å². The first-order chi connectivity index (χ1) is 18.3. The van der Waals surface area contributed by atoms with Crippen LogP contribution in [0.3, 0.4) is 0 Å². The van der Waals surface area contributed by atoms with Gasteiger partial charge in [-0.25, -0.2) is 9.97 Å². The molecular formula is C30H36N4O4. The molecule has 3 aromatic rings. The average Bonchev–Trinajstić information content (AvgIpc) is 2.91. The Morgan fingerprint density at radius 1 is 0.974 bits per heavy atom. The van der Waals surface area contributed by atoms with E-state index in [1.807, 2.05) is 60.9 Å². The van der Waals surface area contributed by atoms with Gasteiger partial charge in [0.15, 0.2) is 5.82 Å². The number of carbonyl (C=O) groups is 2. The summed E-state index contributed by atoms with van der Waals surface area (Å²) in [4.78, 5) is 34.8. The monoisotopic (exact) mass is 516 g/mol. The maximum atomic E-state index is 12.5. The molecule has 4 rings (SSSR count). The predicted octanol–water partition coefficient (Wildman–Crippen LogP) is 4.13. The number of benzene rings is 2. The molecule has 1 aliphatic heterocycles. The summed E-state index contributed by atoms with van der Waals surface area (Å²) in [5.74, 6) is 1.49. The number of hydrogen-bond acceptors (Lipinski definition) is 7. The fourth-order valence-corrected chi connectivity index (χ4v) is 4.39. The molecule has 38 heavy (non-hydrogen) atoms. The van der Waals surface area contributed by atoms with Crippen LogP contribution in [-0.2, 0) is 20.7 Å². The van der Waals surface area contributed by atoms with Gasteiger partial charge in [-0.15, -0.1) is 0 Å². The second kappa shape index (κ2) is 12.6. The molecule has 0 spiro atoms. The van der Waals surface area contributed by atoms with E-state index in [1.54, 1.807) is 4.90 Å². The van der Waals surface area contributed by atoms with Crippen molar-refractivity contribution < 1.29 is 19.1 Å². The summed E-state index contributed by atoms with van der Waals surface area (Å²) in [5, 5.41) is 0. The van der Waals surface area contributed by atoms with Crippen molar-refractivity contribution in [3.8, 4) is 28.3 Å². The smallest absolute Gasteiger partial charge is 0.312 e. The van der Waals surface area contributed by atoms with E-state index < -0.39 is 6.04 Å². The van der Waals surface area contributed by atoms with Gasteiger partial charge < -0.3 is 20.1 Å². The molecule has 0 radical (unpaired) electrons. The van der Waals surface area contributed by atoms with Crippen LogP contribution in [0.25, 0.3) is 22.5 Å². The van der Waals surface area contributed by atoms with Crippen molar-refractivity contribution in [2.75, 3.05) is 26.8 Å². The number of hydrogen-bond donors (Lipinski definition) is 1. The van der Waals surface area contributed by atoms with Crippen molar-refractivity contribution in [1.29, 1.82) is 0 Å². The Balaban J connectivity index is 1.29. The van der Waals surface area contributed by atoms with Gasteiger partial charge in [-0.05, 0) is 48.4 Å². The summed E-state index contributed by atoms with van der Waals surface area (Å²) in [6, 6.07) is 15.1. The Morgan fingerprint density at radius 3 is 2.21 bits per heavy atom. The van der Waals surface area contributed by atoms with Crippen molar-refractivity contribution >= 4 is 11.9 Å². The van der Waals surface area contributed by atoms with Gasteiger partial charge in [0, 0.05) is 36.6 Å². The third-order valence-electron chi connectivity index (χ3n) is 6.75. The van der Waals surface area contributed by atoms with Crippen LogP contribution in [0, 0.1) is 11.8 Å². The Kier molecular flexibility index (Phi) is 9.07. The summed E-state index contributed by atoms with van der Waals surface area (Å²) < 4.78 is 10.5. The van der Waals surface area contributed by atoms with E-state index in [9.17, 15) is 9.59 Å². The van der Waals surface area contributed by atoms with Gasteiger partial charge in [-0.3, -0.25) is 9.59 Å². The molecule has 0 bridgehead atoms. The Labute approximate surface area is 224 Å². The largest absolute Gasteiger partial charge is 0.494 e. The van der Waals surface area contributed by atoms with E-state index in [1.165, 1.54) is 7.11 Å². The van der Waals surface area contributed by atoms with Gasteiger partial charge in [-0.2, -0.15) is 0 Å². The van der Waals surface area contributed by atoms with Crippen LogP contribution in [0.15, 0.2) is 60.9 Å². The zero-order chi connectivity index (χ0) is 27.1. The fraction of sp³-hybridized carbons (Fsp3) is 0.400. The zero-order valence-electron chi connectivity index (χ0n) is 22.3. The van der Waals surface area contributed by atoms with Crippen molar-refractivity contribution in [1.82, 2.24) is 14.9 Å². The molecule has 0 saturated carbocycles. The lowest BCUT2D eigenvalue weighted by Crippen LogP contribution is -2.57. The highest BCUT2D eigenvalue weighted by Gasteiger charge is 2.38. The number of likely N-dealkylation sites (tertiary alicyclic amines) is 1. The molecule has 0 aliphatic carbocycles. The van der Waals surface area contributed by atoms with E-state index in [0.717, 1.165) is 47.5 Å². The van der Waals surface area contributed by atoms with Crippen LogP contribution >= 0.6 is 0 Å². The van der Waals surface area contributed by atoms with Gasteiger partial charge in [0.2, 0.25) is 5.91 Å². The number of esters is 1. The average molecular weight is 517 g/mol. The standard InChI is InChI=1S/C30H36N4O4/c1-20(2)5-4-14-38-26-12-10-22(11-13-26)24-16-32-28(33-17-24)23-8-6-21(7-9-23)15-27(31)29(35)34-18-25(19-34)30(36)37-3/h6-13,16-17,20,25,27H,4-5,14-15,18-19,31H2,1-3H3. The van der Waals surface area contributed by atoms with Crippen molar-refractivity contribution in [2.24, 2.45) is 17.6 Å². The number of amides is 1. The van der Waals surface area contributed by atoms with Gasteiger partial charge in [0.1, 0.15) is 5.75 Å². The van der Waals surface area contributed by atoms with E-state index in [2.05, 4.69) is 23.8 Å². The number of nitrogens with zero attached hydrogens (tertiary/aromatic N) is 3. The SMILES string of the molecule is COC(=O)C1CN(C(=O)C(N)Cc2ccc(-c3ncc(-c4ccc(OCCCC(C)C)cc4)cn3)cc2)C1. The van der Waals surface area contributed by atoms with Crippen LogP contribution in [0.5, 0.6) is 5.75 Å². The number of nitrogens with two attached hydrogens (primary N) is 1. The van der Waals surface area contributed by atoms with Gasteiger partial charge >= 0.3 is 5.97 Å². The topological polar surface area (TPSA) is 108 Å². The van der Waals surface area contributed by atoms with Gasteiger partial charge in [-0.1, -0.05) is 50.2 Å². The molecule has 1 amide bonds. The highest BCUT2D eigenvalue weighted by atomic mass is 16.5. The number of ether oxygens (including phenoxy) is 2. The van der Waals surface area contributed by atoms with E-state index >= 15 is 0 Å². The molecule has 8 nitrogen and oxygen atoms in total. The highest BCUT2D eigenvalue weighted by molar-refractivity contribution is 5.85. The first kappa shape index (κ1) is 27.3. The molecule has 1 aliphatic rings. The van der Waals surface area contributed by atoms with E-state index in [-0.39, 0.29) is 17.8 Å². The summed E-state index contributed by atoms with van der Waals surface area (Å²) in [6.07, 6.45) is 6.26. The molecule has 1 atom stereocenters. The maximum absolute atomic E-state index is 12.5. The second-order valence-electron chi connectivity index (χ2n) is 10.2. The van der Waals surface area contributed by atoms with E-state index in [4.69, 9.17) is 15.2 Å².